The fourth-order valence-electron chi connectivity index (χ4n) is 2.85. The normalized spacial score (nSPS) is 11.2. The van der Waals surface area contributed by atoms with Crippen molar-refractivity contribution in [2.24, 2.45) is 0 Å². The van der Waals surface area contributed by atoms with E-state index in [1.165, 1.54) is 33.3 Å². The van der Waals surface area contributed by atoms with Crippen molar-refractivity contribution in [1.82, 2.24) is 4.40 Å². The molecule has 0 fully saturated rings. The first-order valence-corrected chi connectivity index (χ1v) is 6.88. The SMILES string of the molecule is Cc1ccc(-c2cn3ccccc3c3cccc2-3)cc1. The minimum absolute atomic E-state index is 1.25. The van der Waals surface area contributed by atoms with Crippen LogP contribution in [-0.2, 0) is 0 Å². The summed E-state index contributed by atoms with van der Waals surface area (Å²) >= 11 is 0. The Balaban J connectivity index is 2.07. The predicted octanol–water partition coefficient (Wildman–Crippen LogP) is 5.02. The lowest BCUT2D eigenvalue weighted by atomic mass is 9.97. The van der Waals surface area contributed by atoms with Crippen molar-refractivity contribution in [3.8, 4) is 22.3 Å². The number of benzene rings is 1. The smallest absolute Gasteiger partial charge is 0.0528 e. The molecule has 0 radical (unpaired) electrons. The molecule has 1 aromatic carbocycles. The molecule has 0 saturated carbocycles. The fourth-order valence-corrected chi connectivity index (χ4v) is 2.85. The number of rotatable bonds is 1. The van der Waals surface area contributed by atoms with Crippen molar-refractivity contribution in [1.29, 1.82) is 0 Å². The molecule has 20 heavy (non-hydrogen) atoms. The summed E-state index contributed by atoms with van der Waals surface area (Å²) < 4.78 is 2.21. The standard InChI is InChI=1S/C19H15N/c1-14-8-10-15(11-9-14)18-13-20-12-3-2-7-19(20)17-6-4-5-16(17)18/h2-13H,1H3. The molecule has 2 aromatic rings. The van der Waals surface area contributed by atoms with Gasteiger partial charge in [0, 0.05) is 23.5 Å². The highest BCUT2D eigenvalue weighted by molar-refractivity contribution is 5.92. The summed E-state index contributed by atoms with van der Waals surface area (Å²) in [6.45, 7) is 2.12. The average molecular weight is 257 g/mol. The Morgan fingerprint density at radius 3 is 2.35 bits per heavy atom. The largest absolute Gasteiger partial charge is 0.323 e. The molecule has 96 valence electrons. The summed E-state index contributed by atoms with van der Waals surface area (Å²) in [6, 6.07) is 21.6. The molecule has 1 nitrogen and oxygen atoms in total. The summed E-state index contributed by atoms with van der Waals surface area (Å²) in [5.41, 5.74) is 7.73. The van der Waals surface area contributed by atoms with Crippen molar-refractivity contribution in [3.05, 3.63) is 78.6 Å². The molecule has 0 bridgehead atoms. The van der Waals surface area contributed by atoms with Crippen LogP contribution in [0, 0.1) is 6.92 Å². The second-order valence-electron chi connectivity index (χ2n) is 5.26. The third kappa shape index (κ3) is 1.64. The van der Waals surface area contributed by atoms with Crippen LogP contribution in [0.15, 0.2) is 73.1 Å². The highest BCUT2D eigenvalue weighted by atomic mass is 14.8. The van der Waals surface area contributed by atoms with E-state index in [9.17, 15) is 0 Å². The van der Waals surface area contributed by atoms with Crippen LogP contribution in [0.3, 0.4) is 0 Å². The molecule has 1 heteroatoms. The zero-order valence-electron chi connectivity index (χ0n) is 11.4. The molecule has 0 unspecified atom stereocenters. The first-order chi connectivity index (χ1) is 9.83. The number of pyridine rings is 2. The monoisotopic (exact) mass is 257 g/mol. The molecule has 1 aliphatic carbocycles. The summed E-state index contributed by atoms with van der Waals surface area (Å²) in [5, 5.41) is 0. The molecule has 0 atom stereocenters. The lowest BCUT2D eigenvalue weighted by Gasteiger charge is -2.14. The number of nitrogens with zero attached hydrogens (tertiary/aromatic N) is 1. The van der Waals surface area contributed by atoms with E-state index in [0.717, 1.165) is 0 Å². The van der Waals surface area contributed by atoms with Gasteiger partial charge in [-0.05, 0) is 30.2 Å². The average Bonchev–Trinajstić information content (AvgIpc) is 2.97. The quantitative estimate of drug-likeness (QED) is 0.451. The Labute approximate surface area is 118 Å². The Morgan fingerprint density at radius 1 is 0.700 bits per heavy atom. The van der Waals surface area contributed by atoms with Gasteiger partial charge < -0.3 is 4.40 Å². The minimum atomic E-state index is 1.25. The van der Waals surface area contributed by atoms with E-state index in [-0.39, 0.29) is 0 Å². The van der Waals surface area contributed by atoms with E-state index in [2.05, 4.69) is 84.4 Å². The van der Waals surface area contributed by atoms with Crippen LogP contribution in [0.1, 0.15) is 5.56 Å². The molecular weight excluding hydrogens is 242 g/mol. The summed E-state index contributed by atoms with van der Waals surface area (Å²) in [4.78, 5) is 0. The van der Waals surface area contributed by atoms with Gasteiger partial charge in [0.1, 0.15) is 0 Å². The van der Waals surface area contributed by atoms with Crippen LogP contribution in [0.4, 0.5) is 0 Å². The number of hydrogen-bond acceptors (Lipinski definition) is 0. The Bertz CT molecular complexity index is 853. The molecular formula is C19H15N. The topological polar surface area (TPSA) is 4.41 Å². The molecule has 2 heterocycles. The molecule has 0 N–H and O–H groups in total. The zero-order chi connectivity index (χ0) is 13.5. The van der Waals surface area contributed by atoms with Gasteiger partial charge >= 0.3 is 0 Å². The zero-order valence-corrected chi connectivity index (χ0v) is 11.4. The van der Waals surface area contributed by atoms with Crippen molar-refractivity contribution < 1.29 is 0 Å². The lowest BCUT2D eigenvalue weighted by molar-refractivity contribution is 1.17. The Kier molecular flexibility index (Phi) is 2.40. The lowest BCUT2D eigenvalue weighted by Crippen LogP contribution is -1.94. The summed E-state index contributed by atoms with van der Waals surface area (Å²) in [7, 11) is 0. The van der Waals surface area contributed by atoms with Crippen LogP contribution in [0.5, 0.6) is 0 Å². The van der Waals surface area contributed by atoms with Gasteiger partial charge in [-0.3, -0.25) is 0 Å². The second-order valence-corrected chi connectivity index (χ2v) is 5.26. The minimum Gasteiger partial charge on any atom is -0.323 e. The van der Waals surface area contributed by atoms with Gasteiger partial charge in [0.2, 0.25) is 0 Å². The first-order valence-electron chi connectivity index (χ1n) is 6.88. The van der Waals surface area contributed by atoms with Crippen LogP contribution < -0.4 is 0 Å². The third-order valence-corrected chi connectivity index (χ3v) is 3.90. The number of aryl methyl sites for hydroxylation is 1. The number of aromatic nitrogens is 1. The van der Waals surface area contributed by atoms with Crippen molar-refractivity contribution in [3.63, 3.8) is 0 Å². The van der Waals surface area contributed by atoms with Crippen LogP contribution in [-0.4, -0.2) is 4.40 Å². The van der Waals surface area contributed by atoms with E-state index >= 15 is 0 Å². The van der Waals surface area contributed by atoms with Gasteiger partial charge in [-0.2, -0.15) is 0 Å². The van der Waals surface area contributed by atoms with Gasteiger partial charge in [-0.1, -0.05) is 54.1 Å². The van der Waals surface area contributed by atoms with Crippen molar-refractivity contribution in [2.75, 3.05) is 0 Å². The molecule has 1 aromatic heterocycles. The van der Waals surface area contributed by atoms with Crippen molar-refractivity contribution in [2.45, 2.75) is 6.92 Å². The summed E-state index contributed by atoms with van der Waals surface area (Å²) in [6.07, 6.45) is 4.34. The van der Waals surface area contributed by atoms with Crippen LogP contribution in [0.2, 0.25) is 0 Å². The molecule has 0 spiro atoms. The molecule has 0 saturated heterocycles. The van der Waals surface area contributed by atoms with E-state index in [4.69, 9.17) is 0 Å². The van der Waals surface area contributed by atoms with Gasteiger partial charge in [-0.25, -0.2) is 0 Å². The first kappa shape index (κ1) is 11.3. The van der Waals surface area contributed by atoms with Gasteiger partial charge in [-0.15, -0.1) is 0 Å². The highest BCUT2D eigenvalue weighted by Crippen LogP contribution is 2.37. The Hall–Kier alpha value is -2.54. The molecule has 2 aliphatic rings. The fraction of sp³-hybridized carbons (Fsp3) is 0.0526. The molecule has 4 rings (SSSR count). The Morgan fingerprint density at radius 2 is 1.50 bits per heavy atom. The van der Waals surface area contributed by atoms with Gasteiger partial charge in [0.25, 0.3) is 0 Å². The number of fused-ring (bicyclic) bond motifs is 3. The van der Waals surface area contributed by atoms with Gasteiger partial charge in [0.05, 0.1) is 5.52 Å². The van der Waals surface area contributed by atoms with Crippen LogP contribution >= 0.6 is 0 Å². The third-order valence-electron chi connectivity index (χ3n) is 3.90. The molecule has 1 aliphatic heterocycles. The number of hydrogen-bond donors (Lipinski definition) is 0. The van der Waals surface area contributed by atoms with Gasteiger partial charge in [0.15, 0.2) is 0 Å². The van der Waals surface area contributed by atoms with Crippen molar-refractivity contribution >= 4 is 5.52 Å². The van der Waals surface area contributed by atoms with E-state index in [0.29, 0.717) is 0 Å². The van der Waals surface area contributed by atoms with E-state index < -0.39 is 0 Å². The maximum atomic E-state index is 2.22. The predicted molar refractivity (Wildman–Crippen MR) is 84.2 cm³/mol. The molecule has 0 amide bonds. The summed E-state index contributed by atoms with van der Waals surface area (Å²) in [5.74, 6) is 0. The highest BCUT2D eigenvalue weighted by Gasteiger charge is 2.13. The maximum Gasteiger partial charge on any atom is 0.0528 e. The van der Waals surface area contributed by atoms with Crippen LogP contribution in [0.25, 0.3) is 27.8 Å². The second kappa shape index (κ2) is 4.24. The van der Waals surface area contributed by atoms with E-state index in [1.54, 1.807) is 0 Å². The maximum absolute atomic E-state index is 2.22. The van der Waals surface area contributed by atoms with E-state index in [1.807, 2.05) is 0 Å².